The first-order chi connectivity index (χ1) is 30.2. The lowest BCUT2D eigenvalue weighted by atomic mass is 10.0. The third-order valence-corrected chi connectivity index (χ3v) is 11.8. The highest BCUT2D eigenvalue weighted by Gasteiger charge is 2.13. The van der Waals surface area contributed by atoms with Gasteiger partial charge in [-0.3, -0.25) is 4.79 Å². The van der Waals surface area contributed by atoms with E-state index in [2.05, 4.69) is 74.6 Å². The minimum atomic E-state index is -0.537. The SMILES string of the molecule is CC/C=C\C/C=C\C/C=C\C/C=C\CCCCCCCCCCCCCCCOCC(CO)OC(=O)CCCCCCCCCCCCC/C=C\CCCCCCCCCC. The Kier molecular flexibility index (Phi) is 52.5. The maximum Gasteiger partial charge on any atom is 0.306 e. The van der Waals surface area contributed by atoms with Crippen molar-refractivity contribution in [2.24, 2.45) is 0 Å². The smallest absolute Gasteiger partial charge is 0.306 e. The summed E-state index contributed by atoms with van der Waals surface area (Å²) in [5.41, 5.74) is 0. The van der Waals surface area contributed by atoms with Gasteiger partial charge in [-0.15, -0.1) is 0 Å². The molecule has 0 aromatic carbocycles. The van der Waals surface area contributed by atoms with E-state index >= 15 is 0 Å². The van der Waals surface area contributed by atoms with E-state index in [1.807, 2.05) is 0 Å². The zero-order chi connectivity index (χ0) is 44.0. The topological polar surface area (TPSA) is 55.8 Å². The van der Waals surface area contributed by atoms with Crippen molar-refractivity contribution in [3.63, 3.8) is 0 Å². The fraction of sp³-hybridized carbons (Fsp3) is 0.807. The van der Waals surface area contributed by atoms with E-state index in [-0.39, 0.29) is 12.6 Å². The van der Waals surface area contributed by atoms with Crippen LogP contribution in [-0.4, -0.2) is 37.0 Å². The lowest BCUT2D eigenvalue weighted by Crippen LogP contribution is -2.27. The Morgan fingerprint density at radius 2 is 0.738 bits per heavy atom. The summed E-state index contributed by atoms with van der Waals surface area (Å²) in [7, 11) is 0. The van der Waals surface area contributed by atoms with Crippen molar-refractivity contribution < 1.29 is 19.4 Å². The molecule has 4 nitrogen and oxygen atoms in total. The van der Waals surface area contributed by atoms with Crippen molar-refractivity contribution >= 4 is 5.97 Å². The van der Waals surface area contributed by atoms with Gasteiger partial charge in [-0.1, -0.05) is 248 Å². The minimum absolute atomic E-state index is 0.172. The highest BCUT2D eigenvalue weighted by atomic mass is 16.6. The third-order valence-electron chi connectivity index (χ3n) is 11.8. The van der Waals surface area contributed by atoms with E-state index in [9.17, 15) is 9.90 Å². The molecule has 0 radical (unpaired) electrons. The molecule has 0 saturated carbocycles. The zero-order valence-corrected chi connectivity index (χ0v) is 40.9. The van der Waals surface area contributed by atoms with Gasteiger partial charge in [-0.25, -0.2) is 0 Å². The predicted octanol–water partition coefficient (Wildman–Crippen LogP) is 18.3. The van der Waals surface area contributed by atoms with Gasteiger partial charge in [0.25, 0.3) is 0 Å². The van der Waals surface area contributed by atoms with Gasteiger partial charge >= 0.3 is 5.97 Å². The number of carbonyl (C=O) groups is 1. The Morgan fingerprint density at radius 3 is 1.13 bits per heavy atom. The van der Waals surface area contributed by atoms with Crippen molar-refractivity contribution in [2.45, 2.75) is 277 Å². The Labute approximate surface area is 381 Å². The third kappa shape index (κ3) is 52.3. The minimum Gasteiger partial charge on any atom is -0.457 e. The Balaban J connectivity index is 3.39. The number of hydrogen-bond donors (Lipinski definition) is 1. The molecule has 0 aliphatic rings. The molecule has 1 atom stereocenters. The molecule has 0 rings (SSSR count). The van der Waals surface area contributed by atoms with Crippen molar-refractivity contribution in [3.8, 4) is 0 Å². The highest BCUT2D eigenvalue weighted by Crippen LogP contribution is 2.16. The van der Waals surface area contributed by atoms with Crippen LogP contribution in [0, 0.1) is 0 Å². The van der Waals surface area contributed by atoms with Crippen molar-refractivity contribution in [1.29, 1.82) is 0 Å². The van der Waals surface area contributed by atoms with Crippen LogP contribution in [-0.2, 0) is 14.3 Å². The summed E-state index contributed by atoms with van der Waals surface area (Å²) in [6.07, 6.45) is 73.2. The maximum absolute atomic E-state index is 12.3. The lowest BCUT2D eigenvalue weighted by molar-refractivity contribution is -0.154. The molecule has 0 aromatic heterocycles. The normalized spacial score (nSPS) is 12.8. The zero-order valence-electron chi connectivity index (χ0n) is 40.9. The van der Waals surface area contributed by atoms with Crippen LogP contribution in [0.5, 0.6) is 0 Å². The van der Waals surface area contributed by atoms with Gasteiger partial charge in [-0.2, -0.15) is 0 Å². The van der Waals surface area contributed by atoms with Crippen LogP contribution in [0.2, 0.25) is 0 Å². The second kappa shape index (κ2) is 54.2. The number of ether oxygens (including phenoxy) is 2. The van der Waals surface area contributed by atoms with Gasteiger partial charge in [0.2, 0.25) is 0 Å². The van der Waals surface area contributed by atoms with Crippen LogP contribution >= 0.6 is 0 Å². The second-order valence-corrected chi connectivity index (χ2v) is 17.9. The number of hydrogen-bond acceptors (Lipinski definition) is 4. The predicted molar refractivity (Wildman–Crippen MR) is 270 cm³/mol. The van der Waals surface area contributed by atoms with Crippen molar-refractivity contribution in [2.75, 3.05) is 19.8 Å². The van der Waals surface area contributed by atoms with E-state index < -0.39 is 6.10 Å². The van der Waals surface area contributed by atoms with Crippen molar-refractivity contribution in [3.05, 3.63) is 60.8 Å². The maximum atomic E-state index is 12.3. The number of aliphatic hydroxyl groups is 1. The number of rotatable bonds is 50. The van der Waals surface area contributed by atoms with Gasteiger partial charge in [0.05, 0.1) is 13.2 Å². The quantitative estimate of drug-likeness (QED) is 0.0376. The molecular weight excluding hydrogens is 749 g/mol. The summed E-state index contributed by atoms with van der Waals surface area (Å²) in [4.78, 5) is 12.3. The summed E-state index contributed by atoms with van der Waals surface area (Å²) < 4.78 is 11.2. The average molecular weight is 853 g/mol. The van der Waals surface area contributed by atoms with Gasteiger partial charge < -0.3 is 14.6 Å². The monoisotopic (exact) mass is 853 g/mol. The molecule has 61 heavy (non-hydrogen) atoms. The molecule has 0 heterocycles. The molecule has 0 bridgehead atoms. The molecule has 1 N–H and O–H groups in total. The fourth-order valence-corrected chi connectivity index (χ4v) is 7.85. The van der Waals surface area contributed by atoms with Crippen LogP contribution in [0.15, 0.2) is 60.8 Å². The highest BCUT2D eigenvalue weighted by molar-refractivity contribution is 5.69. The summed E-state index contributed by atoms with van der Waals surface area (Å²) in [5.74, 6) is -0.199. The molecule has 1 unspecified atom stereocenters. The van der Waals surface area contributed by atoms with Crippen molar-refractivity contribution in [1.82, 2.24) is 0 Å². The molecule has 0 aliphatic carbocycles. The first-order valence-corrected chi connectivity index (χ1v) is 26.9. The van der Waals surface area contributed by atoms with Crippen LogP contribution < -0.4 is 0 Å². The number of allylic oxidation sites excluding steroid dienone is 10. The molecule has 0 fully saturated rings. The second-order valence-electron chi connectivity index (χ2n) is 17.9. The molecule has 0 aromatic rings. The van der Waals surface area contributed by atoms with Crippen LogP contribution in [0.3, 0.4) is 0 Å². The Morgan fingerprint density at radius 1 is 0.410 bits per heavy atom. The average Bonchev–Trinajstić information content (AvgIpc) is 3.27. The van der Waals surface area contributed by atoms with Gasteiger partial charge in [0, 0.05) is 13.0 Å². The van der Waals surface area contributed by atoms with Crippen LogP contribution in [0.4, 0.5) is 0 Å². The van der Waals surface area contributed by atoms with E-state index in [0.29, 0.717) is 19.6 Å². The number of unbranched alkanes of at least 4 members (excludes halogenated alkanes) is 32. The van der Waals surface area contributed by atoms with Crippen LogP contribution in [0.25, 0.3) is 0 Å². The van der Waals surface area contributed by atoms with Gasteiger partial charge in [0.1, 0.15) is 6.10 Å². The van der Waals surface area contributed by atoms with Gasteiger partial charge in [0.15, 0.2) is 0 Å². The largest absolute Gasteiger partial charge is 0.457 e. The fourth-order valence-electron chi connectivity index (χ4n) is 7.85. The summed E-state index contributed by atoms with van der Waals surface area (Å²) in [6, 6.07) is 0. The number of carbonyl (C=O) groups excluding carboxylic acids is 1. The van der Waals surface area contributed by atoms with E-state index in [1.165, 1.54) is 205 Å². The molecule has 356 valence electrons. The number of aliphatic hydroxyl groups excluding tert-OH is 1. The number of esters is 1. The standard InChI is InChI=1S/C57H104O4/c1-3-5-7-9-11-13-15-17-19-21-23-25-27-28-29-31-33-35-37-39-41-43-45-47-49-51-53-60-55-56(54-58)61-57(59)52-50-48-46-44-42-40-38-36-34-32-30-26-24-22-20-18-16-14-12-10-8-6-4-2/h5,7,11,13,17,19,22-25,56,58H,3-4,6,8-10,12,14-16,18,20-21,26-55H2,1-2H3/b7-5-,13-11-,19-17-,24-22-,25-23-. The molecule has 0 saturated heterocycles. The first-order valence-electron chi connectivity index (χ1n) is 26.9. The van der Waals surface area contributed by atoms with Crippen LogP contribution in [0.1, 0.15) is 271 Å². The molecule has 0 spiro atoms. The Hall–Kier alpha value is -1.91. The molecule has 0 aliphatic heterocycles. The lowest BCUT2D eigenvalue weighted by Gasteiger charge is -2.16. The summed E-state index contributed by atoms with van der Waals surface area (Å²) in [6.45, 7) is 5.26. The molecule has 0 amide bonds. The first kappa shape index (κ1) is 59.1. The molecule has 4 heteroatoms. The van der Waals surface area contributed by atoms with E-state index in [0.717, 1.165) is 44.9 Å². The van der Waals surface area contributed by atoms with E-state index in [1.54, 1.807) is 0 Å². The summed E-state index contributed by atoms with van der Waals surface area (Å²) >= 11 is 0. The van der Waals surface area contributed by atoms with E-state index in [4.69, 9.17) is 9.47 Å². The Bertz CT molecular complexity index is 993. The van der Waals surface area contributed by atoms with Gasteiger partial charge in [-0.05, 0) is 77.0 Å². The summed E-state index contributed by atoms with van der Waals surface area (Å²) in [5, 5.41) is 9.67. The molecular formula is C57H104O4.